The summed E-state index contributed by atoms with van der Waals surface area (Å²) in [5.41, 5.74) is 1.30. The SMILES string of the molecule is O=S1(=O)C(C(O)c2ccccc2)CCCN1c1ccccc1. The van der Waals surface area contributed by atoms with E-state index in [1.54, 1.807) is 24.3 Å². The second-order valence-corrected chi connectivity index (χ2v) is 7.57. The molecule has 0 saturated carbocycles. The second kappa shape index (κ2) is 6.10. The average Bonchev–Trinajstić information content (AvgIpc) is 2.55. The molecule has 1 heterocycles. The summed E-state index contributed by atoms with van der Waals surface area (Å²) in [6, 6.07) is 18.1. The third-order valence-corrected chi connectivity index (χ3v) is 6.34. The molecule has 0 aliphatic carbocycles. The van der Waals surface area contributed by atoms with Gasteiger partial charge in [-0.05, 0) is 30.5 Å². The molecule has 2 atom stereocenters. The highest BCUT2D eigenvalue weighted by Crippen LogP contribution is 2.34. The lowest BCUT2D eigenvalue weighted by Crippen LogP contribution is -2.46. The van der Waals surface area contributed by atoms with Crippen LogP contribution in [0.2, 0.25) is 0 Å². The Morgan fingerprint density at radius 2 is 1.59 bits per heavy atom. The molecule has 1 aliphatic heterocycles. The van der Waals surface area contributed by atoms with Crippen LogP contribution in [0.25, 0.3) is 0 Å². The highest BCUT2D eigenvalue weighted by Gasteiger charge is 2.40. The number of aliphatic hydroxyl groups is 1. The van der Waals surface area contributed by atoms with Crippen LogP contribution in [0, 0.1) is 0 Å². The number of sulfonamides is 1. The molecule has 0 bridgehead atoms. The van der Waals surface area contributed by atoms with Crippen molar-refractivity contribution in [2.24, 2.45) is 0 Å². The van der Waals surface area contributed by atoms with Crippen LogP contribution < -0.4 is 4.31 Å². The van der Waals surface area contributed by atoms with E-state index >= 15 is 0 Å². The highest BCUT2D eigenvalue weighted by molar-refractivity contribution is 7.93. The van der Waals surface area contributed by atoms with Gasteiger partial charge in [-0.1, -0.05) is 48.5 Å². The lowest BCUT2D eigenvalue weighted by Gasteiger charge is -2.36. The number of hydrogen-bond donors (Lipinski definition) is 1. The van der Waals surface area contributed by atoms with Gasteiger partial charge >= 0.3 is 0 Å². The van der Waals surface area contributed by atoms with Gasteiger partial charge in [-0.3, -0.25) is 4.31 Å². The number of aliphatic hydroxyl groups excluding tert-OH is 1. The second-order valence-electron chi connectivity index (χ2n) is 5.49. The third kappa shape index (κ3) is 2.74. The first-order chi connectivity index (χ1) is 10.6. The minimum Gasteiger partial charge on any atom is -0.387 e. The van der Waals surface area contributed by atoms with Crippen LogP contribution in [-0.2, 0) is 10.0 Å². The normalized spacial score (nSPS) is 22.2. The van der Waals surface area contributed by atoms with E-state index in [9.17, 15) is 13.5 Å². The van der Waals surface area contributed by atoms with E-state index in [-0.39, 0.29) is 0 Å². The fourth-order valence-corrected chi connectivity index (χ4v) is 5.01. The average molecular weight is 317 g/mol. The number of benzene rings is 2. The maximum atomic E-state index is 12.9. The molecule has 1 N–H and O–H groups in total. The van der Waals surface area contributed by atoms with E-state index in [1.165, 1.54) is 4.31 Å². The Morgan fingerprint density at radius 3 is 2.23 bits per heavy atom. The lowest BCUT2D eigenvalue weighted by atomic mass is 10.0. The van der Waals surface area contributed by atoms with Gasteiger partial charge in [0.25, 0.3) is 0 Å². The van der Waals surface area contributed by atoms with Crippen molar-refractivity contribution in [2.45, 2.75) is 24.2 Å². The molecule has 1 aliphatic rings. The summed E-state index contributed by atoms with van der Waals surface area (Å²) < 4.78 is 27.2. The minimum absolute atomic E-state index is 0.463. The van der Waals surface area contributed by atoms with Gasteiger partial charge in [0.15, 0.2) is 0 Å². The van der Waals surface area contributed by atoms with Gasteiger partial charge < -0.3 is 5.11 Å². The van der Waals surface area contributed by atoms with Crippen LogP contribution in [0.15, 0.2) is 60.7 Å². The molecule has 5 heteroatoms. The fourth-order valence-electron chi connectivity index (χ4n) is 2.93. The molecule has 4 nitrogen and oxygen atoms in total. The number of hydrogen-bond acceptors (Lipinski definition) is 3. The highest BCUT2D eigenvalue weighted by atomic mass is 32.2. The van der Waals surface area contributed by atoms with Crippen molar-refractivity contribution < 1.29 is 13.5 Å². The van der Waals surface area contributed by atoms with Gasteiger partial charge in [0.1, 0.15) is 5.25 Å². The molecular weight excluding hydrogens is 298 g/mol. The van der Waals surface area contributed by atoms with Gasteiger partial charge in [-0.15, -0.1) is 0 Å². The van der Waals surface area contributed by atoms with Crippen LogP contribution in [0.3, 0.4) is 0 Å². The zero-order valence-electron chi connectivity index (χ0n) is 12.2. The van der Waals surface area contributed by atoms with Crippen LogP contribution in [0.4, 0.5) is 5.69 Å². The summed E-state index contributed by atoms with van der Waals surface area (Å²) in [6.07, 6.45) is 0.211. The smallest absolute Gasteiger partial charge is 0.240 e. The Hall–Kier alpha value is -1.85. The molecular formula is C17H19NO3S. The van der Waals surface area contributed by atoms with Crippen LogP contribution in [0.1, 0.15) is 24.5 Å². The quantitative estimate of drug-likeness (QED) is 0.947. The van der Waals surface area contributed by atoms with Crippen molar-refractivity contribution in [1.82, 2.24) is 0 Å². The predicted molar refractivity (Wildman–Crippen MR) is 87.1 cm³/mol. The summed E-state index contributed by atoms with van der Waals surface area (Å²) in [5, 5.41) is 9.74. The summed E-state index contributed by atoms with van der Waals surface area (Å²) in [5.74, 6) is 0. The van der Waals surface area contributed by atoms with Gasteiger partial charge in [0.05, 0.1) is 11.8 Å². The molecule has 1 fully saturated rings. The van der Waals surface area contributed by atoms with Crippen molar-refractivity contribution in [3.63, 3.8) is 0 Å². The number of nitrogens with zero attached hydrogens (tertiary/aromatic N) is 1. The maximum absolute atomic E-state index is 12.9. The molecule has 0 aromatic heterocycles. The predicted octanol–water partition coefficient (Wildman–Crippen LogP) is 2.72. The Kier molecular flexibility index (Phi) is 4.18. The molecule has 2 aromatic rings. The molecule has 0 spiro atoms. The van der Waals surface area contributed by atoms with Crippen LogP contribution >= 0.6 is 0 Å². The number of anilines is 1. The van der Waals surface area contributed by atoms with E-state index in [0.717, 1.165) is 6.42 Å². The molecule has 0 amide bonds. The number of rotatable bonds is 3. The molecule has 116 valence electrons. The van der Waals surface area contributed by atoms with E-state index in [0.29, 0.717) is 24.2 Å². The maximum Gasteiger partial charge on any atom is 0.240 e. The van der Waals surface area contributed by atoms with Crippen LogP contribution in [-0.4, -0.2) is 25.3 Å². The molecule has 2 unspecified atom stereocenters. The lowest BCUT2D eigenvalue weighted by molar-refractivity contribution is 0.164. The van der Waals surface area contributed by atoms with Gasteiger partial charge in [-0.2, -0.15) is 0 Å². The zero-order chi connectivity index (χ0) is 15.6. The summed E-state index contributed by atoms with van der Waals surface area (Å²) in [6.45, 7) is 0.463. The van der Waals surface area contributed by atoms with E-state index in [2.05, 4.69) is 0 Å². The zero-order valence-corrected chi connectivity index (χ0v) is 13.0. The summed E-state index contributed by atoms with van der Waals surface area (Å²) >= 11 is 0. The van der Waals surface area contributed by atoms with Crippen molar-refractivity contribution in [3.05, 3.63) is 66.2 Å². The standard InChI is InChI=1S/C17H19NO3S/c19-17(14-8-3-1-4-9-14)16-12-7-13-18(22(16,20)21)15-10-5-2-6-11-15/h1-6,8-11,16-17,19H,7,12-13H2. The first-order valence-electron chi connectivity index (χ1n) is 7.40. The summed E-state index contributed by atoms with van der Waals surface area (Å²) in [4.78, 5) is 0. The largest absolute Gasteiger partial charge is 0.387 e. The fraction of sp³-hybridized carbons (Fsp3) is 0.294. The Bertz CT molecular complexity index is 716. The molecule has 3 rings (SSSR count). The third-order valence-electron chi connectivity index (χ3n) is 4.08. The van der Waals surface area contributed by atoms with Gasteiger partial charge in [0, 0.05) is 6.54 Å². The summed E-state index contributed by atoms with van der Waals surface area (Å²) in [7, 11) is -3.58. The minimum atomic E-state index is -3.58. The first-order valence-corrected chi connectivity index (χ1v) is 8.90. The van der Waals surface area contributed by atoms with Crippen molar-refractivity contribution in [2.75, 3.05) is 10.8 Å². The monoisotopic (exact) mass is 317 g/mol. The Labute approximate surface area is 131 Å². The van der Waals surface area contributed by atoms with Crippen molar-refractivity contribution in [1.29, 1.82) is 0 Å². The van der Waals surface area contributed by atoms with Gasteiger partial charge in [-0.25, -0.2) is 8.42 Å². The molecule has 2 aromatic carbocycles. The van der Waals surface area contributed by atoms with E-state index in [4.69, 9.17) is 0 Å². The van der Waals surface area contributed by atoms with E-state index in [1.807, 2.05) is 36.4 Å². The topological polar surface area (TPSA) is 57.6 Å². The van der Waals surface area contributed by atoms with E-state index < -0.39 is 21.4 Å². The molecule has 1 saturated heterocycles. The Balaban J connectivity index is 1.93. The number of para-hydroxylation sites is 1. The molecule has 0 radical (unpaired) electrons. The Morgan fingerprint density at radius 1 is 1.00 bits per heavy atom. The van der Waals surface area contributed by atoms with Crippen LogP contribution in [0.5, 0.6) is 0 Å². The molecule has 22 heavy (non-hydrogen) atoms. The van der Waals surface area contributed by atoms with Crippen molar-refractivity contribution >= 4 is 15.7 Å². The first kappa shape index (κ1) is 15.1. The van der Waals surface area contributed by atoms with Crippen molar-refractivity contribution in [3.8, 4) is 0 Å². The van der Waals surface area contributed by atoms with Gasteiger partial charge in [0.2, 0.25) is 10.0 Å².